The molecule has 1 amide bonds. The van der Waals surface area contributed by atoms with Crippen molar-refractivity contribution in [2.24, 2.45) is 4.99 Å². The molecule has 3 heterocycles. The van der Waals surface area contributed by atoms with Crippen molar-refractivity contribution in [1.82, 2.24) is 19.5 Å². The number of aromatic amines is 1. The van der Waals surface area contributed by atoms with Gasteiger partial charge in [0, 0.05) is 18.0 Å². The number of pyridine rings is 2. The van der Waals surface area contributed by atoms with Gasteiger partial charge in [-0.3, -0.25) is 14.2 Å². The second-order valence-corrected chi connectivity index (χ2v) is 10.5. The van der Waals surface area contributed by atoms with E-state index >= 15 is 0 Å². The summed E-state index contributed by atoms with van der Waals surface area (Å²) in [7, 11) is 1.60. The van der Waals surface area contributed by atoms with E-state index < -0.39 is 11.5 Å². The lowest BCUT2D eigenvalue weighted by Gasteiger charge is -2.17. The van der Waals surface area contributed by atoms with Crippen molar-refractivity contribution >= 4 is 23.4 Å². The number of rotatable bonds is 10. The van der Waals surface area contributed by atoms with E-state index in [9.17, 15) is 14.7 Å². The van der Waals surface area contributed by atoms with E-state index in [2.05, 4.69) is 19.9 Å². The number of fused-ring (bicyclic) bond motifs is 1. The molecule has 5 rings (SSSR count). The summed E-state index contributed by atoms with van der Waals surface area (Å²) in [6.45, 7) is 5.40. The molecule has 11 nitrogen and oxygen atoms in total. The smallest absolute Gasteiger partial charge is 0.280 e. The van der Waals surface area contributed by atoms with Gasteiger partial charge in [0.05, 0.1) is 35.9 Å². The Hall–Kier alpha value is -5.29. The molecule has 220 valence electrons. The molecule has 3 aromatic heterocycles. The van der Waals surface area contributed by atoms with Crippen LogP contribution in [-0.2, 0) is 13.2 Å². The van der Waals surface area contributed by atoms with Crippen LogP contribution in [0.1, 0.15) is 45.7 Å². The molecular weight excluding hydrogens is 550 g/mol. The highest BCUT2D eigenvalue weighted by Crippen LogP contribution is 2.32. The summed E-state index contributed by atoms with van der Waals surface area (Å²) >= 11 is 0. The molecular formula is C32H31N5O6. The molecule has 0 fully saturated rings. The highest BCUT2D eigenvalue weighted by molar-refractivity contribution is 5.96. The van der Waals surface area contributed by atoms with Gasteiger partial charge in [-0.1, -0.05) is 18.2 Å². The number of hydrogen-bond donors (Lipinski definition) is 2. The Morgan fingerprint density at radius 3 is 2.53 bits per heavy atom. The zero-order chi connectivity index (χ0) is 30.6. The number of aldehydes is 1. The fraction of sp³-hybridized carbons (Fsp3) is 0.219. The monoisotopic (exact) mass is 581 g/mol. The number of benzene rings is 2. The number of ether oxygens (including phenoxy) is 3. The fourth-order valence-electron chi connectivity index (χ4n) is 4.47. The number of carbonyl (C=O) groups is 2. The molecule has 0 aliphatic carbocycles. The van der Waals surface area contributed by atoms with Gasteiger partial charge in [-0.25, -0.2) is 9.97 Å². The summed E-state index contributed by atoms with van der Waals surface area (Å²) in [4.78, 5) is 41.6. The Bertz CT molecular complexity index is 1850. The number of nitrogens with one attached hydrogen (secondary N) is 1. The number of methoxy groups -OCH3 is 1. The van der Waals surface area contributed by atoms with Crippen LogP contribution < -0.4 is 19.8 Å². The van der Waals surface area contributed by atoms with Crippen LogP contribution in [0.3, 0.4) is 0 Å². The molecule has 0 bridgehead atoms. The van der Waals surface area contributed by atoms with Gasteiger partial charge < -0.3 is 24.3 Å². The van der Waals surface area contributed by atoms with E-state index in [1.165, 1.54) is 6.20 Å². The average Bonchev–Trinajstić information content (AvgIpc) is 3.32. The number of aromatic nitrogens is 4. The van der Waals surface area contributed by atoms with Crippen LogP contribution in [0, 0.1) is 6.92 Å². The third kappa shape index (κ3) is 6.62. The van der Waals surface area contributed by atoms with E-state index in [1.54, 1.807) is 69.0 Å². The molecule has 0 saturated heterocycles. The minimum absolute atomic E-state index is 0.138. The van der Waals surface area contributed by atoms with Gasteiger partial charge in [-0.2, -0.15) is 4.99 Å². The van der Waals surface area contributed by atoms with Crippen LogP contribution in [0.5, 0.6) is 23.1 Å². The quantitative estimate of drug-likeness (QED) is 0.225. The number of imidazole rings is 1. The van der Waals surface area contributed by atoms with Crippen molar-refractivity contribution < 1.29 is 28.9 Å². The molecule has 2 aromatic carbocycles. The summed E-state index contributed by atoms with van der Waals surface area (Å²) in [5, 5.41) is 10.5. The lowest BCUT2D eigenvalue weighted by Crippen LogP contribution is -2.32. The Morgan fingerprint density at radius 2 is 1.81 bits per heavy atom. The fourth-order valence-corrected chi connectivity index (χ4v) is 4.47. The minimum Gasteiger partial charge on any atom is -0.497 e. The molecule has 0 aliphatic heterocycles. The summed E-state index contributed by atoms with van der Waals surface area (Å²) in [5.74, 6) is 0.888. The second-order valence-electron chi connectivity index (χ2n) is 10.5. The maximum atomic E-state index is 13.4. The molecule has 2 N–H and O–H groups in total. The first kappa shape index (κ1) is 29.2. The number of nitrogens with zero attached hydrogens (tertiary/aromatic N) is 4. The van der Waals surface area contributed by atoms with Gasteiger partial charge in [0.25, 0.3) is 5.91 Å². The molecule has 0 unspecified atom stereocenters. The van der Waals surface area contributed by atoms with Crippen molar-refractivity contribution in [3.63, 3.8) is 0 Å². The Kier molecular flexibility index (Phi) is 8.35. The maximum Gasteiger partial charge on any atom is 0.280 e. The van der Waals surface area contributed by atoms with Crippen molar-refractivity contribution in [3.05, 3.63) is 101 Å². The zero-order valence-corrected chi connectivity index (χ0v) is 24.2. The van der Waals surface area contributed by atoms with Crippen molar-refractivity contribution in [2.75, 3.05) is 7.11 Å². The lowest BCUT2D eigenvalue weighted by molar-refractivity contribution is 0.0611. The third-order valence-electron chi connectivity index (χ3n) is 6.59. The molecule has 43 heavy (non-hydrogen) atoms. The first-order valence-corrected chi connectivity index (χ1v) is 13.5. The first-order valence-electron chi connectivity index (χ1n) is 13.5. The van der Waals surface area contributed by atoms with Gasteiger partial charge in [0.1, 0.15) is 23.9 Å². The predicted octanol–water partition coefficient (Wildman–Crippen LogP) is 4.77. The first-order chi connectivity index (χ1) is 20.7. The summed E-state index contributed by atoms with van der Waals surface area (Å²) < 4.78 is 18.8. The van der Waals surface area contributed by atoms with Crippen LogP contribution in [0.25, 0.3) is 11.2 Å². The molecule has 0 atom stereocenters. The SMILES string of the molecule is COc1ccc(COc2cccc(Oc3nccc(C(=O)/N=c4\[nH]c5cccnc5n4CC(C)(C)O)c3C)c2C=O)cc1. The second kappa shape index (κ2) is 12.3. The summed E-state index contributed by atoms with van der Waals surface area (Å²) in [6.07, 6.45) is 3.73. The Balaban J connectivity index is 1.42. The largest absolute Gasteiger partial charge is 0.497 e. The van der Waals surface area contributed by atoms with Crippen LogP contribution in [0.15, 0.2) is 78.0 Å². The number of hydrogen-bond acceptors (Lipinski definition) is 8. The van der Waals surface area contributed by atoms with Crippen molar-refractivity contribution in [3.8, 4) is 23.1 Å². The average molecular weight is 582 g/mol. The minimum atomic E-state index is -1.08. The van der Waals surface area contributed by atoms with Gasteiger partial charge in [-0.15, -0.1) is 0 Å². The summed E-state index contributed by atoms with van der Waals surface area (Å²) in [6, 6.07) is 17.5. The molecule has 0 aliphatic rings. The van der Waals surface area contributed by atoms with Crippen LogP contribution in [-0.4, -0.2) is 49.5 Å². The Morgan fingerprint density at radius 1 is 1.05 bits per heavy atom. The van der Waals surface area contributed by atoms with Crippen LogP contribution in [0.2, 0.25) is 0 Å². The number of aliphatic hydroxyl groups is 1. The highest BCUT2D eigenvalue weighted by atomic mass is 16.5. The van der Waals surface area contributed by atoms with E-state index in [-0.39, 0.29) is 41.5 Å². The maximum absolute atomic E-state index is 13.4. The summed E-state index contributed by atoms with van der Waals surface area (Å²) in [5.41, 5.74) is 2.17. The highest BCUT2D eigenvalue weighted by Gasteiger charge is 2.20. The van der Waals surface area contributed by atoms with Crippen LogP contribution in [0.4, 0.5) is 0 Å². The third-order valence-corrected chi connectivity index (χ3v) is 6.59. The standard InChI is InChI=1S/C32H31N5O6/c1-20-23(29(39)36-31-35-25-7-6-15-33-28(25)37(31)19-32(2,3)40)14-16-34-30(20)43-27-9-5-8-26(24(27)17-38)42-18-21-10-12-22(41-4)13-11-21/h5-17,40H,18-19H2,1-4H3,(H,35,36,39). The molecule has 5 aromatic rings. The number of amides is 1. The lowest BCUT2D eigenvalue weighted by atomic mass is 10.1. The van der Waals surface area contributed by atoms with E-state index in [0.29, 0.717) is 28.8 Å². The van der Waals surface area contributed by atoms with Gasteiger partial charge >= 0.3 is 0 Å². The molecule has 0 saturated carbocycles. The van der Waals surface area contributed by atoms with Crippen molar-refractivity contribution in [2.45, 2.75) is 39.5 Å². The molecule has 0 radical (unpaired) electrons. The zero-order valence-electron chi connectivity index (χ0n) is 24.2. The van der Waals surface area contributed by atoms with E-state index in [1.807, 2.05) is 30.3 Å². The predicted molar refractivity (Wildman–Crippen MR) is 158 cm³/mol. The Labute approximate surface area is 247 Å². The molecule has 11 heteroatoms. The van der Waals surface area contributed by atoms with Crippen molar-refractivity contribution in [1.29, 1.82) is 0 Å². The van der Waals surface area contributed by atoms with Gasteiger partial charge in [0.15, 0.2) is 11.9 Å². The van der Waals surface area contributed by atoms with Crippen LogP contribution >= 0.6 is 0 Å². The van der Waals surface area contributed by atoms with E-state index in [4.69, 9.17) is 14.2 Å². The van der Waals surface area contributed by atoms with Gasteiger partial charge in [0.2, 0.25) is 11.5 Å². The number of H-pyrrole nitrogens is 1. The van der Waals surface area contributed by atoms with E-state index in [0.717, 1.165) is 11.3 Å². The molecule has 0 spiro atoms. The number of carbonyl (C=O) groups excluding carboxylic acids is 2. The topological polar surface area (TPSA) is 141 Å². The van der Waals surface area contributed by atoms with Gasteiger partial charge in [-0.05, 0) is 68.8 Å². The normalized spacial score (nSPS) is 11.9.